The number of hydrogen-bond acceptors (Lipinski definition) is 5. The molecular formula is C14H18BrN5. The Morgan fingerprint density at radius 2 is 1.95 bits per heavy atom. The molecule has 6 heteroatoms. The molecule has 1 aromatic heterocycles. The van der Waals surface area contributed by atoms with Gasteiger partial charge in [-0.2, -0.15) is 10.1 Å². The summed E-state index contributed by atoms with van der Waals surface area (Å²) in [6.45, 7) is 8.19. The van der Waals surface area contributed by atoms with Gasteiger partial charge in [0.25, 0.3) is 0 Å². The normalized spacial score (nSPS) is 11.2. The molecule has 0 aliphatic heterocycles. The number of rotatable bonds is 3. The van der Waals surface area contributed by atoms with Gasteiger partial charge >= 0.3 is 0 Å². The minimum absolute atomic E-state index is 0.103. The summed E-state index contributed by atoms with van der Waals surface area (Å²) < 4.78 is 1.05. The van der Waals surface area contributed by atoms with Gasteiger partial charge in [-0.25, -0.2) is 0 Å². The lowest BCUT2D eigenvalue weighted by Gasteiger charge is -2.20. The number of benzene rings is 1. The standard InChI is InChI=1S/C14H18BrN5/c1-9-7-10(15)5-6-11(9)17-12-8-16-20-13(18-12)19-14(2,3)4/h5-8H,1-4H3,(H2,17,18,19,20). The highest BCUT2D eigenvalue weighted by molar-refractivity contribution is 9.10. The van der Waals surface area contributed by atoms with E-state index in [1.165, 1.54) is 0 Å². The summed E-state index contributed by atoms with van der Waals surface area (Å²) in [5.41, 5.74) is 2.02. The van der Waals surface area contributed by atoms with Crippen LogP contribution < -0.4 is 10.6 Å². The van der Waals surface area contributed by atoms with Crippen LogP contribution in [0.25, 0.3) is 0 Å². The van der Waals surface area contributed by atoms with Crippen molar-refractivity contribution in [2.75, 3.05) is 10.6 Å². The summed E-state index contributed by atoms with van der Waals surface area (Å²) in [4.78, 5) is 4.41. The molecule has 0 atom stereocenters. The van der Waals surface area contributed by atoms with Gasteiger partial charge < -0.3 is 10.6 Å². The minimum atomic E-state index is -0.103. The first-order valence-electron chi connectivity index (χ1n) is 6.34. The van der Waals surface area contributed by atoms with E-state index in [1.807, 2.05) is 25.1 Å². The van der Waals surface area contributed by atoms with Crippen LogP contribution >= 0.6 is 15.9 Å². The fraction of sp³-hybridized carbons (Fsp3) is 0.357. The molecule has 0 aliphatic carbocycles. The first-order valence-corrected chi connectivity index (χ1v) is 7.14. The number of nitrogens with zero attached hydrogens (tertiary/aromatic N) is 3. The highest BCUT2D eigenvalue weighted by Crippen LogP contribution is 2.23. The fourth-order valence-corrected chi connectivity index (χ4v) is 2.13. The van der Waals surface area contributed by atoms with E-state index in [0.717, 1.165) is 15.7 Å². The van der Waals surface area contributed by atoms with Gasteiger partial charge in [-0.05, 0) is 51.5 Å². The largest absolute Gasteiger partial charge is 0.348 e. The van der Waals surface area contributed by atoms with E-state index >= 15 is 0 Å². The van der Waals surface area contributed by atoms with Crippen molar-refractivity contribution in [1.29, 1.82) is 0 Å². The number of halogens is 1. The average Bonchev–Trinajstić information content (AvgIpc) is 2.31. The molecule has 0 fully saturated rings. The van der Waals surface area contributed by atoms with Crippen molar-refractivity contribution in [2.24, 2.45) is 0 Å². The molecule has 1 heterocycles. The van der Waals surface area contributed by atoms with Crippen LogP contribution in [0.5, 0.6) is 0 Å². The smallest absolute Gasteiger partial charge is 0.245 e. The van der Waals surface area contributed by atoms with Gasteiger partial charge in [0, 0.05) is 15.7 Å². The van der Waals surface area contributed by atoms with Crippen molar-refractivity contribution in [3.63, 3.8) is 0 Å². The van der Waals surface area contributed by atoms with Crippen LogP contribution in [0.4, 0.5) is 17.5 Å². The molecule has 5 nitrogen and oxygen atoms in total. The lowest BCUT2D eigenvalue weighted by molar-refractivity contribution is 0.623. The van der Waals surface area contributed by atoms with Gasteiger partial charge in [-0.3, -0.25) is 0 Å². The first-order chi connectivity index (χ1) is 9.33. The highest BCUT2D eigenvalue weighted by Gasteiger charge is 2.12. The van der Waals surface area contributed by atoms with Gasteiger partial charge in [0.2, 0.25) is 5.95 Å². The van der Waals surface area contributed by atoms with Crippen LogP contribution in [0, 0.1) is 6.92 Å². The molecule has 20 heavy (non-hydrogen) atoms. The van der Waals surface area contributed by atoms with Gasteiger partial charge in [-0.15, -0.1) is 5.10 Å². The molecular weight excluding hydrogens is 318 g/mol. The number of aryl methyl sites for hydroxylation is 1. The third-order valence-corrected chi connectivity index (χ3v) is 2.99. The van der Waals surface area contributed by atoms with Gasteiger partial charge in [-0.1, -0.05) is 15.9 Å². The van der Waals surface area contributed by atoms with Gasteiger partial charge in [0.15, 0.2) is 5.82 Å². The topological polar surface area (TPSA) is 62.7 Å². The summed E-state index contributed by atoms with van der Waals surface area (Å²) in [6.07, 6.45) is 1.61. The Kier molecular flexibility index (Phi) is 4.23. The Bertz CT molecular complexity index is 607. The fourth-order valence-electron chi connectivity index (χ4n) is 1.66. The molecule has 0 aliphatic rings. The van der Waals surface area contributed by atoms with E-state index in [9.17, 15) is 0 Å². The molecule has 1 aromatic carbocycles. The monoisotopic (exact) mass is 335 g/mol. The molecule has 0 saturated heterocycles. The second-order valence-electron chi connectivity index (χ2n) is 5.62. The number of nitrogens with one attached hydrogen (secondary N) is 2. The van der Waals surface area contributed by atoms with Gasteiger partial charge in [0.05, 0.1) is 6.20 Å². The molecule has 0 radical (unpaired) electrons. The zero-order chi connectivity index (χ0) is 14.8. The van der Waals surface area contributed by atoms with Crippen molar-refractivity contribution >= 4 is 33.4 Å². The molecule has 2 rings (SSSR count). The maximum atomic E-state index is 4.41. The molecule has 2 aromatic rings. The Morgan fingerprint density at radius 1 is 1.20 bits per heavy atom. The highest BCUT2D eigenvalue weighted by atomic mass is 79.9. The molecule has 0 amide bonds. The average molecular weight is 336 g/mol. The molecule has 0 bridgehead atoms. The van der Waals surface area contributed by atoms with Crippen LogP contribution in [0.1, 0.15) is 26.3 Å². The predicted molar refractivity (Wildman–Crippen MR) is 85.4 cm³/mol. The summed E-state index contributed by atoms with van der Waals surface area (Å²) >= 11 is 3.45. The van der Waals surface area contributed by atoms with Crippen LogP contribution in [-0.4, -0.2) is 20.7 Å². The van der Waals surface area contributed by atoms with Crippen molar-refractivity contribution in [2.45, 2.75) is 33.2 Å². The maximum Gasteiger partial charge on any atom is 0.245 e. The molecule has 0 saturated carbocycles. The summed E-state index contributed by atoms with van der Waals surface area (Å²) in [5, 5.41) is 14.4. The van der Waals surface area contributed by atoms with Gasteiger partial charge in [0.1, 0.15) is 0 Å². The minimum Gasteiger partial charge on any atom is -0.348 e. The zero-order valence-corrected chi connectivity index (χ0v) is 13.6. The number of anilines is 3. The third kappa shape index (κ3) is 4.16. The SMILES string of the molecule is Cc1cc(Br)ccc1Nc1cnnc(NC(C)(C)C)n1. The van der Waals surface area contributed by atoms with E-state index in [0.29, 0.717) is 11.8 Å². The Morgan fingerprint density at radius 3 is 2.60 bits per heavy atom. The Labute approximate surface area is 127 Å². The summed E-state index contributed by atoms with van der Waals surface area (Å²) in [7, 11) is 0. The zero-order valence-electron chi connectivity index (χ0n) is 12.0. The van der Waals surface area contributed by atoms with E-state index < -0.39 is 0 Å². The van der Waals surface area contributed by atoms with Crippen molar-refractivity contribution in [1.82, 2.24) is 15.2 Å². The second kappa shape index (κ2) is 5.75. The van der Waals surface area contributed by atoms with Crippen LogP contribution in [0.2, 0.25) is 0 Å². The summed E-state index contributed by atoms with van der Waals surface area (Å²) in [5.74, 6) is 1.18. The van der Waals surface area contributed by atoms with Crippen molar-refractivity contribution in [3.05, 3.63) is 34.4 Å². The van der Waals surface area contributed by atoms with Crippen LogP contribution in [-0.2, 0) is 0 Å². The first kappa shape index (κ1) is 14.7. The lowest BCUT2D eigenvalue weighted by atomic mass is 10.1. The predicted octanol–water partition coefficient (Wildman–Crippen LogP) is 3.90. The van der Waals surface area contributed by atoms with Crippen molar-refractivity contribution in [3.8, 4) is 0 Å². The van der Waals surface area contributed by atoms with Crippen LogP contribution in [0.15, 0.2) is 28.9 Å². The Hall–Kier alpha value is -1.69. The lowest BCUT2D eigenvalue weighted by Crippen LogP contribution is -2.27. The van der Waals surface area contributed by atoms with Crippen molar-refractivity contribution < 1.29 is 0 Å². The molecule has 106 valence electrons. The van der Waals surface area contributed by atoms with E-state index in [-0.39, 0.29) is 5.54 Å². The quantitative estimate of drug-likeness (QED) is 0.890. The maximum absolute atomic E-state index is 4.41. The van der Waals surface area contributed by atoms with E-state index in [4.69, 9.17) is 0 Å². The molecule has 0 spiro atoms. The summed E-state index contributed by atoms with van der Waals surface area (Å²) in [6, 6.07) is 6.03. The van der Waals surface area contributed by atoms with Crippen LogP contribution in [0.3, 0.4) is 0 Å². The third-order valence-electron chi connectivity index (χ3n) is 2.50. The Balaban J connectivity index is 2.19. The number of aromatic nitrogens is 3. The second-order valence-corrected chi connectivity index (χ2v) is 6.54. The van der Waals surface area contributed by atoms with E-state index in [1.54, 1.807) is 6.20 Å². The van der Waals surface area contributed by atoms with E-state index in [2.05, 4.69) is 62.5 Å². The molecule has 0 unspecified atom stereocenters. The number of hydrogen-bond donors (Lipinski definition) is 2. The molecule has 2 N–H and O–H groups in total.